The second kappa shape index (κ2) is 3.75. The number of hydrogen-bond acceptors (Lipinski definition) is 4. The summed E-state index contributed by atoms with van der Waals surface area (Å²) in [5, 5.41) is 7.32. The molecule has 16 heavy (non-hydrogen) atoms. The molecule has 2 atom stereocenters. The summed E-state index contributed by atoms with van der Waals surface area (Å²) in [6.07, 6.45) is 1.85. The summed E-state index contributed by atoms with van der Waals surface area (Å²) < 4.78 is 5.32. The molecule has 0 spiro atoms. The number of aromatic nitrogens is 3. The molecule has 1 saturated heterocycles. The van der Waals surface area contributed by atoms with Crippen molar-refractivity contribution in [3.63, 3.8) is 0 Å². The lowest BCUT2D eigenvalue weighted by molar-refractivity contribution is 0.340. The molecule has 1 aliphatic heterocycles. The Morgan fingerprint density at radius 2 is 2.38 bits per heavy atom. The fourth-order valence-electron chi connectivity index (χ4n) is 2.11. The second-order valence-electron chi connectivity index (χ2n) is 4.28. The smallest absolute Gasteiger partial charge is 0.231 e. The van der Waals surface area contributed by atoms with Crippen molar-refractivity contribution in [2.75, 3.05) is 13.1 Å². The Morgan fingerprint density at radius 3 is 3.06 bits per heavy atom. The highest BCUT2D eigenvalue weighted by atomic mass is 16.5. The average Bonchev–Trinajstić information content (AvgIpc) is 2.96. The predicted molar refractivity (Wildman–Crippen MR) is 58.9 cm³/mol. The van der Waals surface area contributed by atoms with Crippen LogP contribution in [0.5, 0.6) is 0 Å². The van der Waals surface area contributed by atoms with E-state index in [2.05, 4.69) is 27.4 Å². The molecule has 0 radical (unpaired) electrons. The quantitative estimate of drug-likeness (QED) is 0.799. The van der Waals surface area contributed by atoms with Crippen molar-refractivity contribution in [1.29, 1.82) is 0 Å². The van der Waals surface area contributed by atoms with Gasteiger partial charge in [0.05, 0.1) is 11.6 Å². The number of aromatic amines is 1. The molecule has 2 aromatic rings. The maximum Gasteiger partial charge on any atom is 0.231 e. The maximum absolute atomic E-state index is 5.32. The molecule has 5 heteroatoms. The van der Waals surface area contributed by atoms with Gasteiger partial charge in [0.1, 0.15) is 0 Å². The summed E-state index contributed by atoms with van der Waals surface area (Å²) in [4.78, 5) is 7.50. The molecule has 3 rings (SSSR count). The lowest BCUT2D eigenvalue weighted by Gasteiger charge is -2.07. The Morgan fingerprint density at radius 1 is 1.44 bits per heavy atom. The molecule has 5 nitrogen and oxygen atoms in total. The SMILES string of the molecule is CC1CNCC1c1nc(-c2ccc[nH]2)no1. The summed E-state index contributed by atoms with van der Waals surface area (Å²) in [6.45, 7) is 4.14. The van der Waals surface area contributed by atoms with E-state index < -0.39 is 0 Å². The minimum absolute atomic E-state index is 0.344. The van der Waals surface area contributed by atoms with E-state index in [-0.39, 0.29) is 0 Å². The first-order valence-corrected chi connectivity index (χ1v) is 5.52. The number of nitrogens with zero attached hydrogens (tertiary/aromatic N) is 2. The molecule has 2 unspecified atom stereocenters. The van der Waals surface area contributed by atoms with Crippen LogP contribution in [0.25, 0.3) is 11.5 Å². The summed E-state index contributed by atoms with van der Waals surface area (Å²) in [6, 6.07) is 3.86. The van der Waals surface area contributed by atoms with Crippen molar-refractivity contribution < 1.29 is 4.52 Å². The molecule has 1 fully saturated rings. The van der Waals surface area contributed by atoms with E-state index in [0.29, 0.717) is 17.7 Å². The third-order valence-electron chi connectivity index (χ3n) is 3.12. The number of nitrogens with one attached hydrogen (secondary N) is 2. The summed E-state index contributed by atoms with van der Waals surface area (Å²) >= 11 is 0. The largest absolute Gasteiger partial charge is 0.359 e. The van der Waals surface area contributed by atoms with Gasteiger partial charge in [0, 0.05) is 12.7 Å². The molecule has 2 N–H and O–H groups in total. The van der Waals surface area contributed by atoms with Gasteiger partial charge in [0.25, 0.3) is 0 Å². The van der Waals surface area contributed by atoms with Crippen molar-refractivity contribution in [3.8, 4) is 11.5 Å². The Kier molecular flexibility index (Phi) is 2.25. The van der Waals surface area contributed by atoms with E-state index >= 15 is 0 Å². The van der Waals surface area contributed by atoms with Gasteiger partial charge in [-0.2, -0.15) is 4.98 Å². The lowest BCUT2D eigenvalue weighted by atomic mass is 9.98. The maximum atomic E-state index is 5.32. The van der Waals surface area contributed by atoms with Gasteiger partial charge in [-0.15, -0.1) is 0 Å². The van der Waals surface area contributed by atoms with Crippen molar-refractivity contribution in [2.24, 2.45) is 5.92 Å². The molecule has 0 amide bonds. The number of hydrogen-bond donors (Lipinski definition) is 2. The van der Waals surface area contributed by atoms with Crippen LogP contribution >= 0.6 is 0 Å². The van der Waals surface area contributed by atoms with E-state index in [4.69, 9.17) is 4.52 Å². The Hall–Kier alpha value is -1.62. The van der Waals surface area contributed by atoms with E-state index in [1.807, 2.05) is 18.3 Å². The van der Waals surface area contributed by atoms with Crippen molar-refractivity contribution in [3.05, 3.63) is 24.2 Å². The van der Waals surface area contributed by atoms with Crippen LogP contribution in [0.3, 0.4) is 0 Å². The molecular formula is C11H14N4O. The zero-order chi connectivity index (χ0) is 11.0. The Balaban J connectivity index is 1.88. The van der Waals surface area contributed by atoms with Crippen molar-refractivity contribution in [1.82, 2.24) is 20.4 Å². The third kappa shape index (κ3) is 1.53. The monoisotopic (exact) mass is 218 g/mol. The standard InChI is InChI=1S/C11H14N4O/c1-7-5-12-6-8(7)11-14-10(15-16-11)9-3-2-4-13-9/h2-4,7-8,12-13H,5-6H2,1H3. The summed E-state index contributed by atoms with van der Waals surface area (Å²) in [5.74, 6) is 2.27. The number of H-pyrrole nitrogens is 1. The minimum Gasteiger partial charge on any atom is -0.359 e. The van der Waals surface area contributed by atoms with Gasteiger partial charge in [-0.3, -0.25) is 0 Å². The van der Waals surface area contributed by atoms with Crippen LogP contribution < -0.4 is 5.32 Å². The van der Waals surface area contributed by atoms with Crippen molar-refractivity contribution >= 4 is 0 Å². The first kappa shape index (κ1) is 9.59. The molecule has 84 valence electrons. The Bertz CT molecular complexity index is 462. The molecule has 0 aromatic carbocycles. The summed E-state index contributed by atoms with van der Waals surface area (Å²) in [5.41, 5.74) is 0.897. The minimum atomic E-state index is 0.344. The molecular weight excluding hydrogens is 204 g/mol. The third-order valence-corrected chi connectivity index (χ3v) is 3.12. The van der Waals surface area contributed by atoms with Gasteiger partial charge >= 0.3 is 0 Å². The van der Waals surface area contributed by atoms with Crippen LogP contribution in [0.4, 0.5) is 0 Å². The highest BCUT2D eigenvalue weighted by molar-refractivity contribution is 5.47. The zero-order valence-corrected chi connectivity index (χ0v) is 9.10. The van der Waals surface area contributed by atoms with Crippen molar-refractivity contribution in [2.45, 2.75) is 12.8 Å². The molecule has 1 aliphatic rings. The fourth-order valence-corrected chi connectivity index (χ4v) is 2.11. The predicted octanol–water partition coefficient (Wildman–Crippen LogP) is 1.39. The molecule has 3 heterocycles. The topological polar surface area (TPSA) is 66.7 Å². The van der Waals surface area contributed by atoms with E-state index in [1.165, 1.54) is 0 Å². The normalized spacial score (nSPS) is 25.1. The molecule has 2 aromatic heterocycles. The van der Waals surface area contributed by atoms with Gasteiger partial charge in [0.2, 0.25) is 11.7 Å². The van der Waals surface area contributed by atoms with E-state index in [9.17, 15) is 0 Å². The lowest BCUT2D eigenvalue weighted by Crippen LogP contribution is -2.08. The van der Waals surface area contributed by atoms with Crippen LogP contribution in [0.1, 0.15) is 18.7 Å². The first-order valence-electron chi connectivity index (χ1n) is 5.52. The zero-order valence-electron chi connectivity index (χ0n) is 9.10. The van der Waals surface area contributed by atoms with Gasteiger partial charge in [0.15, 0.2) is 0 Å². The highest BCUT2D eigenvalue weighted by Gasteiger charge is 2.29. The average molecular weight is 218 g/mol. The van der Waals surface area contributed by atoms with Gasteiger partial charge in [-0.1, -0.05) is 12.1 Å². The molecule has 0 saturated carbocycles. The van der Waals surface area contributed by atoms with E-state index in [1.54, 1.807) is 0 Å². The van der Waals surface area contributed by atoms with Crippen LogP contribution in [0, 0.1) is 5.92 Å². The fraction of sp³-hybridized carbons (Fsp3) is 0.455. The van der Waals surface area contributed by atoms with Crippen LogP contribution in [-0.4, -0.2) is 28.2 Å². The van der Waals surface area contributed by atoms with Crippen LogP contribution in [0.15, 0.2) is 22.9 Å². The van der Waals surface area contributed by atoms with Crippen LogP contribution in [0.2, 0.25) is 0 Å². The first-order chi connectivity index (χ1) is 7.84. The second-order valence-corrected chi connectivity index (χ2v) is 4.28. The van der Waals surface area contributed by atoms with Gasteiger partial charge in [-0.25, -0.2) is 0 Å². The van der Waals surface area contributed by atoms with Crippen LogP contribution in [-0.2, 0) is 0 Å². The van der Waals surface area contributed by atoms with Gasteiger partial charge in [-0.05, 0) is 24.6 Å². The van der Waals surface area contributed by atoms with E-state index in [0.717, 1.165) is 24.7 Å². The molecule has 0 bridgehead atoms. The molecule has 0 aliphatic carbocycles. The number of rotatable bonds is 2. The summed E-state index contributed by atoms with van der Waals surface area (Å²) in [7, 11) is 0. The van der Waals surface area contributed by atoms with Gasteiger partial charge < -0.3 is 14.8 Å². The highest BCUT2D eigenvalue weighted by Crippen LogP contribution is 2.27. The Labute approximate surface area is 93.3 Å².